The molecule has 0 amide bonds. The second kappa shape index (κ2) is 6.51. The molecule has 3 rings (SSSR count). The molecule has 1 aromatic heterocycles. The van der Waals surface area contributed by atoms with Gasteiger partial charge in [-0.05, 0) is 54.7 Å². The van der Waals surface area contributed by atoms with Gasteiger partial charge in [0, 0.05) is 17.5 Å². The molecule has 1 fully saturated rings. The summed E-state index contributed by atoms with van der Waals surface area (Å²) in [4.78, 5) is 1.39. The highest BCUT2D eigenvalue weighted by Crippen LogP contribution is 2.27. The van der Waals surface area contributed by atoms with E-state index in [-0.39, 0.29) is 11.7 Å². The Morgan fingerprint density at radius 3 is 2.75 bits per heavy atom. The van der Waals surface area contributed by atoms with Crippen molar-refractivity contribution in [3.05, 3.63) is 58.0 Å². The molecule has 0 saturated heterocycles. The molecule has 0 radical (unpaired) electrons. The van der Waals surface area contributed by atoms with Crippen LogP contribution in [0.1, 0.15) is 35.6 Å². The summed E-state index contributed by atoms with van der Waals surface area (Å²) in [6.45, 7) is 0.886. The van der Waals surface area contributed by atoms with Gasteiger partial charge in [0.2, 0.25) is 0 Å². The molecule has 0 spiro atoms. The zero-order chi connectivity index (χ0) is 13.8. The molecular formula is C17H20FNS. The third-order valence-electron chi connectivity index (χ3n) is 3.89. The Morgan fingerprint density at radius 1 is 1.20 bits per heavy atom. The van der Waals surface area contributed by atoms with Gasteiger partial charge in [0.15, 0.2) is 0 Å². The first-order chi connectivity index (χ1) is 9.83. The standard InChI is InChI=1S/C17H20FNS/c18-17-6-2-1-5-16(17)13(12-19-14-8-9-14)7-10-15-4-3-11-20-15/h1-6,11,13-14,19H,7-10,12H2. The molecule has 1 unspecified atom stereocenters. The summed E-state index contributed by atoms with van der Waals surface area (Å²) in [7, 11) is 0. The lowest BCUT2D eigenvalue weighted by molar-refractivity contribution is 0.516. The van der Waals surface area contributed by atoms with Gasteiger partial charge in [-0.2, -0.15) is 0 Å². The highest BCUT2D eigenvalue weighted by atomic mass is 32.1. The van der Waals surface area contributed by atoms with E-state index in [0.29, 0.717) is 6.04 Å². The van der Waals surface area contributed by atoms with Crippen LogP contribution < -0.4 is 5.32 Å². The molecule has 0 bridgehead atoms. The van der Waals surface area contributed by atoms with E-state index in [0.717, 1.165) is 24.9 Å². The van der Waals surface area contributed by atoms with Crippen LogP contribution in [0.2, 0.25) is 0 Å². The Bertz CT molecular complexity index is 534. The third-order valence-corrected chi connectivity index (χ3v) is 4.83. The van der Waals surface area contributed by atoms with Crippen molar-refractivity contribution in [3.8, 4) is 0 Å². The van der Waals surface area contributed by atoms with E-state index in [1.807, 2.05) is 12.1 Å². The smallest absolute Gasteiger partial charge is 0.126 e. The van der Waals surface area contributed by atoms with Crippen molar-refractivity contribution in [3.63, 3.8) is 0 Å². The first-order valence-corrected chi connectivity index (χ1v) is 8.21. The summed E-state index contributed by atoms with van der Waals surface area (Å²) in [5.74, 6) is 0.195. The van der Waals surface area contributed by atoms with Gasteiger partial charge in [-0.1, -0.05) is 24.3 Å². The highest BCUT2D eigenvalue weighted by molar-refractivity contribution is 7.09. The predicted octanol–water partition coefficient (Wildman–Crippen LogP) is 4.36. The van der Waals surface area contributed by atoms with Gasteiger partial charge in [0.25, 0.3) is 0 Å². The monoisotopic (exact) mass is 289 g/mol. The number of hydrogen-bond acceptors (Lipinski definition) is 2. The van der Waals surface area contributed by atoms with Crippen LogP contribution in [0.3, 0.4) is 0 Å². The van der Waals surface area contributed by atoms with Gasteiger partial charge in [-0.15, -0.1) is 11.3 Å². The summed E-state index contributed by atoms with van der Waals surface area (Å²) in [5.41, 5.74) is 0.859. The minimum Gasteiger partial charge on any atom is -0.313 e. The van der Waals surface area contributed by atoms with E-state index in [1.165, 1.54) is 17.7 Å². The van der Waals surface area contributed by atoms with Crippen LogP contribution in [-0.2, 0) is 6.42 Å². The third kappa shape index (κ3) is 3.68. The molecule has 1 N–H and O–H groups in total. The molecule has 1 aliphatic rings. The molecule has 20 heavy (non-hydrogen) atoms. The Labute approximate surface area is 123 Å². The van der Waals surface area contributed by atoms with Crippen molar-refractivity contribution in [2.24, 2.45) is 0 Å². The fraction of sp³-hybridized carbons (Fsp3) is 0.412. The fourth-order valence-corrected chi connectivity index (χ4v) is 3.27. The van der Waals surface area contributed by atoms with Crippen molar-refractivity contribution < 1.29 is 4.39 Å². The van der Waals surface area contributed by atoms with Gasteiger partial charge in [-0.25, -0.2) is 4.39 Å². The zero-order valence-corrected chi connectivity index (χ0v) is 12.3. The highest BCUT2D eigenvalue weighted by Gasteiger charge is 2.23. The minimum atomic E-state index is -0.0683. The lowest BCUT2D eigenvalue weighted by Gasteiger charge is -2.18. The maximum absolute atomic E-state index is 14.0. The van der Waals surface area contributed by atoms with Crippen LogP contribution in [0.15, 0.2) is 41.8 Å². The average Bonchev–Trinajstić information content (AvgIpc) is 3.14. The normalized spacial score (nSPS) is 16.2. The quantitative estimate of drug-likeness (QED) is 0.799. The number of benzene rings is 1. The van der Waals surface area contributed by atoms with Gasteiger partial charge in [0.1, 0.15) is 5.82 Å². The second-order valence-corrected chi connectivity index (χ2v) is 6.55. The fourth-order valence-electron chi connectivity index (χ4n) is 2.54. The van der Waals surface area contributed by atoms with Crippen LogP contribution in [-0.4, -0.2) is 12.6 Å². The summed E-state index contributed by atoms with van der Waals surface area (Å²) in [5, 5.41) is 5.66. The topological polar surface area (TPSA) is 12.0 Å². The van der Waals surface area contributed by atoms with E-state index in [4.69, 9.17) is 0 Å². The van der Waals surface area contributed by atoms with Crippen molar-refractivity contribution in [1.82, 2.24) is 5.32 Å². The predicted molar refractivity (Wildman–Crippen MR) is 82.8 cm³/mol. The number of rotatable bonds is 7. The van der Waals surface area contributed by atoms with E-state index in [9.17, 15) is 4.39 Å². The van der Waals surface area contributed by atoms with Crippen molar-refractivity contribution >= 4 is 11.3 Å². The van der Waals surface area contributed by atoms with E-state index in [2.05, 4.69) is 22.8 Å². The lowest BCUT2D eigenvalue weighted by atomic mass is 9.93. The SMILES string of the molecule is Fc1ccccc1C(CCc1cccs1)CNC1CC1. The molecule has 106 valence electrons. The van der Waals surface area contributed by atoms with Crippen LogP contribution in [0.4, 0.5) is 4.39 Å². The molecule has 2 aromatic rings. The lowest BCUT2D eigenvalue weighted by Crippen LogP contribution is -2.24. The first-order valence-electron chi connectivity index (χ1n) is 7.33. The number of halogens is 1. The van der Waals surface area contributed by atoms with E-state index in [1.54, 1.807) is 23.5 Å². The first kappa shape index (κ1) is 13.8. The van der Waals surface area contributed by atoms with E-state index < -0.39 is 0 Å². The van der Waals surface area contributed by atoms with Crippen LogP contribution in [0.25, 0.3) is 0 Å². The number of nitrogens with one attached hydrogen (secondary N) is 1. The Balaban J connectivity index is 1.67. The van der Waals surface area contributed by atoms with Gasteiger partial charge < -0.3 is 5.32 Å². The molecule has 1 aromatic carbocycles. The average molecular weight is 289 g/mol. The van der Waals surface area contributed by atoms with Crippen molar-refractivity contribution in [1.29, 1.82) is 0 Å². The number of aryl methyl sites for hydroxylation is 1. The second-order valence-electron chi connectivity index (χ2n) is 5.52. The minimum absolute atomic E-state index is 0.0683. The molecule has 1 heterocycles. The molecule has 3 heteroatoms. The van der Waals surface area contributed by atoms with Crippen LogP contribution in [0.5, 0.6) is 0 Å². The number of hydrogen-bond donors (Lipinski definition) is 1. The van der Waals surface area contributed by atoms with Gasteiger partial charge in [-0.3, -0.25) is 0 Å². The summed E-state index contributed by atoms with van der Waals surface area (Å²) in [6.07, 6.45) is 4.58. The largest absolute Gasteiger partial charge is 0.313 e. The maximum atomic E-state index is 14.0. The van der Waals surface area contributed by atoms with Crippen molar-refractivity contribution in [2.45, 2.75) is 37.6 Å². The van der Waals surface area contributed by atoms with Gasteiger partial charge in [0.05, 0.1) is 0 Å². The molecule has 1 aliphatic carbocycles. The molecule has 1 nitrogen and oxygen atoms in total. The zero-order valence-electron chi connectivity index (χ0n) is 11.5. The molecular weight excluding hydrogens is 269 g/mol. The maximum Gasteiger partial charge on any atom is 0.126 e. The Hall–Kier alpha value is -1.19. The summed E-state index contributed by atoms with van der Waals surface area (Å²) >= 11 is 1.79. The van der Waals surface area contributed by atoms with Crippen molar-refractivity contribution in [2.75, 3.05) is 6.54 Å². The van der Waals surface area contributed by atoms with Gasteiger partial charge >= 0.3 is 0 Å². The molecule has 1 atom stereocenters. The molecule has 0 aliphatic heterocycles. The Kier molecular flexibility index (Phi) is 4.48. The van der Waals surface area contributed by atoms with Crippen LogP contribution >= 0.6 is 11.3 Å². The summed E-state index contributed by atoms with van der Waals surface area (Å²) < 4.78 is 14.0. The number of thiophene rings is 1. The Morgan fingerprint density at radius 2 is 2.05 bits per heavy atom. The van der Waals surface area contributed by atoms with Crippen LogP contribution in [0, 0.1) is 5.82 Å². The summed E-state index contributed by atoms with van der Waals surface area (Å²) in [6, 6.07) is 12.1. The molecule has 1 saturated carbocycles. The van der Waals surface area contributed by atoms with E-state index >= 15 is 0 Å².